The second-order valence-electron chi connectivity index (χ2n) is 6.78. The largest absolute Gasteiger partial charge is 0.481 e. The van der Waals surface area contributed by atoms with Gasteiger partial charge in [0.05, 0.1) is 23.9 Å². The van der Waals surface area contributed by atoms with Crippen LogP contribution in [0.5, 0.6) is 0 Å². The summed E-state index contributed by atoms with van der Waals surface area (Å²) in [5.74, 6) is -2.24. The molecular formula is C21H20N4O6. The number of H-pyrrole nitrogens is 1. The van der Waals surface area contributed by atoms with Crippen molar-refractivity contribution in [3.05, 3.63) is 42.5 Å². The van der Waals surface area contributed by atoms with Crippen molar-refractivity contribution in [2.24, 2.45) is 0 Å². The fourth-order valence-corrected chi connectivity index (χ4v) is 2.82. The molecule has 31 heavy (non-hydrogen) atoms. The number of carbonyl (C=O) groups is 4. The monoisotopic (exact) mass is 424 g/mol. The quantitative estimate of drug-likeness (QED) is 0.353. The lowest BCUT2D eigenvalue weighted by Gasteiger charge is -2.05. The van der Waals surface area contributed by atoms with E-state index in [1.54, 1.807) is 42.5 Å². The number of benzene rings is 2. The summed E-state index contributed by atoms with van der Waals surface area (Å²) in [5, 5.41) is 22.6. The molecule has 0 fully saturated rings. The Balaban J connectivity index is 1.67. The average Bonchev–Trinajstić information content (AvgIpc) is 3.14. The second kappa shape index (κ2) is 9.53. The minimum atomic E-state index is -1.03. The highest BCUT2D eigenvalue weighted by molar-refractivity contribution is 5.95. The van der Waals surface area contributed by atoms with Gasteiger partial charge in [0.25, 0.3) is 0 Å². The van der Waals surface area contributed by atoms with Crippen molar-refractivity contribution in [3.63, 3.8) is 0 Å². The average molecular weight is 424 g/mol. The Hall–Kier alpha value is -4.21. The van der Waals surface area contributed by atoms with Gasteiger partial charge in [0.15, 0.2) is 0 Å². The van der Waals surface area contributed by atoms with Gasteiger partial charge in [0, 0.05) is 29.8 Å². The van der Waals surface area contributed by atoms with Gasteiger partial charge in [-0.1, -0.05) is 0 Å². The van der Waals surface area contributed by atoms with Gasteiger partial charge in [-0.15, -0.1) is 0 Å². The molecule has 0 unspecified atom stereocenters. The van der Waals surface area contributed by atoms with Gasteiger partial charge in [0.1, 0.15) is 5.82 Å². The highest BCUT2D eigenvalue weighted by atomic mass is 16.4. The van der Waals surface area contributed by atoms with Crippen molar-refractivity contribution in [2.45, 2.75) is 25.7 Å². The maximum Gasteiger partial charge on any atom is 0.303 e. The van der Waals surface area contributed by atoms with Crippen LogP contribution in [-0.2, 0) is 19.2 Å². The molecule has 5 N–H and O–H groups in total. The van der Waals surface area contributed by atoms with Crippen molar-refractivity contribution >= 4 is 46.2 Å². The standard InChI is InChI=1S/C21H20N4O6/c26-17(7-9-19(28)29)22-13-3-1-12(2-4-13)21-24-15-6-5-14(11-16(15)25-21)23-18(27)8-10-20(30)31/h1-6,11H,7-10H2,(H,22,26)(H,23,27)(H,24,25)(H,28,29)(H,30,31). The van der Waals surface area contributed by atoms with E-state index in [-0.39, 0.29) is 37.5 Å². The molecular weight excluding hydrogens is 404 g/mol. The third kappa shape index (κ3) is 6.13. The number of nitrogens with one attached hydrogen (secondary N) is 3. The molecule has 0 saturated carbocycles. The fraction of sp³-hybridized carbons (Fsp3) is 0.190. The Morgan fingerprint density at radius 3 is 1.90 bits per heavy atom. The van der Waals surface area contributed by atoms with Gasteiger partial charge in [-0.3, -0.25) is 19.2 Å². The van der Waals surface area contributed by atoms with Crippen molar-refractivity contribution in [2.75, 3.05) is 10.6 Å². The number of hydrogen-bond donors (Lipinski definition) is 5. The molecule has 3 aromatic rings. The molecule has 160 valence electrons. The van der Waals surface area contributed by atoms with Crippen LogP contribution in [-0.4, -0.2) is 43.9 Å². The number of anilines is 2. The predicted molar refractivity (Wildman–Crippen MR) is 113 cm³/mol. The number of amides is 2. The number of imidazole rings is 1. The van der Waals surface area contributed by atoms with Crippen LogP contribution in [0, 0.1) is 0 Å². The highest BCUT2D eigenvalue weighted by Gasteiger charge is 2.10. The molecule has 2 amide bonds. The molecule has 1 aromatic heterocycles. The SMILES string of the molecule is O=C(O)CCC(=O)Nc1ccc(-c2nc3ccc(NC(=O)CCC(=O)O)cc3[nH]2)cc1. The van der Waals surface area contributed by atoms with E-state index in [1.807, 2.05) is 0 Å². The zero-order valence-electron chi connectivity index (χ0n) is 16.3. The third-order valence-corrected chi connectivity index (χ3v) is 4.34. The van der Waals surface area contributed by atoms with Crippen LogP contribution < -0.4 is 10.6 Å². The molecule has 0 aliphatic rings. The molecule has 0 saturated heterocycles. The van der Waals surface area contributed by atoms with Crippen molar-refractivity contribution in [1.82, 2.24) is 9.97 Å². The van der Waals surface area contributed by atoms with E-state index in [9.17, 15) is 19.2 Å². The molecule has 3 rings (SSSR count). The second-order valence-corrected chi connectivity index (χ2v) is 6.78. The summed E-state index contributed by atoms with van der Waals surface area (Å²) in [5.41, 5.74) is 3.22. The van der Waals surface area contributed by atoms with Gasteiger partial charge < -0.3 is 25.8 Å². The van der Waals surface area contributed by atoms with Crippen molar-refractivity contribution < 1.29 is 29.4 Å². The molecule has 0 bridgehead atoms. The summed E-state index contributed by atoms with van der Waals surface area (Å²) in [6.07, 6.45) is -0.681. The first-order valence-corrected chi connectivity index (χ1v) is 9.43. The first-order chi connectivity index (χ1) is 14.8. The summed E-state index contributed by atoms with van der Waals surface area (Å²) in [4.78, 5) is 52.3. The van der Waals surface area contributed by atoms with Crippen LogP contribution in [0.4, 0.5) is 11.4 Å². The summed E-state index contributed by atoms with van der Waals surface area (Å²) < 4.78 is 0. The predicted octanol–water partition coefficient (Wildman–Crippen LogP) is 2.84. The number of carbonyl (C=O) groups excluding carboxylic acids is 2. The number of nitrogens with zero attached hydrogens (tertiary/aromatic N) is 1. The van der Waals surface area contributed by atoms with E-state index >= 15 is 0 Å². The fourth-order valence-electron chi connectivity index (χ4n) is 2.82. The van der Waals surface area contributed by atoms with Crippen LogP contribution in [0.15, 0.2) is 42.5 Å². The number of aliphatic carboxylic acids is 2. The van der Waals surface area contributed by atoms with E-state index in [0.717, 1.165) is 5.56 Å². The maximum absolute atomic E-state index is 11.8. The minimum Gasteiger partial charge on any atom is -0.481 e. The number of carboxylic acid groups (broad SMARTS) is 2. The lowest BCUT2D eigenvalue weighted by Crippen LogP contribution is -2.13. The van der Waals surface area contributed by atoms with E-state index < -0.39 is 11.9 Å². The number of hydrogen-bond acceptors (Lipinski definition) is 5. The summed E-state index contributed by atoms with van der Waals surface area (Å²) in [6, 6.07) is 12.0. The Kier molecular flexibility index (Phi) is 6.61. The normalized spacial score (nSPS) is 10.6. The molecule has 0 atom stereocenters. The first-order valence-electron chi connectivity index (χ1n) is 9.43. The zero-order chi connectivity index (χ0) is 22.4. The Bertz CT molecular complexity index is 1140. The number of carboxylic acids is 2. The van der Waals surface area contributed by atoms with Crippen LogP contribution in [0.25, 0.3) is 22.4 Å². The number of aromatic nitrogens is 2. The number of rotatable bonds is 9. The molecule has 0 aliphatic heterocycles. The van der Waals surface area contributed by atoms with Crippen LogP contribution in [0.2, 0.25) is 0 Å². The summed E-state index contributed by atoms with van der Waals surface area (Å²) in [7, 11) is 0. The van der Waals surface area contributed by atoms with Crippen molar-refractivity contribution in [3.8, 4) is 11.4 Å². The van der Waals surface area contributed by atoms with Crippen LogP contribution >= 0.6 is 0 Å². The molecule has 1 heterocycles. The highest BCUT2D eigenvalue weighted by Crippen LogP contribution is 2.24. The van der Waals surface area contributed by atoms with Crippen molar-refractivity contribution in [1.29, 1.82) is 0 Å². The Morgan fingerprint density at radius 2 is 1.32 bits per heavy atom. The molecule has 0 spiro atoms. The van der Waals surface area contributed by atoms with Gasteiger partial charge in [0.2, 0.25) is 11.8 Å². The summed E-state index contributed by atoms with van der Waals surface area (Å²) >= 11 is 0. The molecule has 10 heteroatoms. The molecule has 2 aromatic carbocycles. The smallest absolute Gasteiger partial charge is 0.303 e. The van der Waals surface area contributed by atoms with Crippen LogP contribution in [0.1, 0.15) is 25.7 Å². The van der Waals surface area contributed by atoms with E-state index in [4.69, 9.17) is 10.2 Å². The van der Waals surface area contributed by atoms with Gasteiger partial charge in [-0.05, 0) is 42.5 Å². The summed E-state index contributed by atoms with van der Waals surface area (Å²) in [6.45, 7) is 0. The lowest BCUT2D eigenvalue weighted by molar-refractivity contribution is -0.138. The molecule has 0 aliphatic carbocycles. The number of fused-ring (bicyclic) bond motifs is 1. The maximum atomic E-state index is 11.8. The zero-order valence-corrected chi connectivity index (χ0v) is 16.3. The van der Waals surface area contributed by atoms with Gasteiger partial charge >= 0.3 is 11.9 Å². The van der Waals surface area contributed by atoms with Crippen LogP contribution in [0.3, 0.4) is 0 Å². The Morgan fingerprint density at radius 1 is 0.774 bits per heavy atom. The Labute approximate surface area is 176 Å². The topological polar surface area (TPSA) is 161 Å². The van der Waals surface area contributed by atoms with Gasteiger partial charge in [-0.2, -0.15) is 0 Å². The van der Waals surface area contributed by atoms with E-state index in [2.05, 4.69) is 20.6 Å². The lowest BCUT2D eigenvalue weighted by atomic mass is 10.2. The minimum absolute atomic E-state index is 0.101. The van der Waals surface area contributed by atoms with E-state index in [1.165, 1.54) is 0 Å². The van der Waals surface area contributed by atoms with E-state index in [0.29, 0.717) is 28.2 Å². The third-order valence-electron chi connectivity index (χ3n) is 4.34. The molecule has 0 radical (unpaired) electrons. The number of aromatic amines is 1. The van der Waals surface area contributed by atoms with Gasteiger partial charge in [-0.25, -0.2) is 4.98 Å². The molecule has 10 nitrogen and oxygen atoms in total. The first kappa shape index (κ1) is 21.5.